The number of esters is 1. The van der Waals surface area contributed by atoms with E-state index in [4.69, 9.17) is 9.47 Å². The standard InChI is InChI=1S/C25H26N4O8/c1-25(2,3)37-23(31)27(4)14-12-21-26-13-15-29(21,24(32)33)19-8-10-20(11-9-19)36-22(30)17-6-5-7-18(16-17)28(34)35/h5-11,13,15-16H,12,14H2,1-4H3/p+1. The first-order chi connectivity index (χ1) is 17.3. The third-order valence-corrected chi connectivity index (χ3v) is 5.35. The fraction of sp³-hybridized carbons (Fsp3) is 0.280. The molecule has 0 radical (unpaired) electrons. The van der Waals surface area contributed by atoms with Gasteiger partial charge in [0.15, 0.2) is 5.69 Å². The number of rotatable bonds is 7. The van der Waals surface area contributed by atoms with E-state index in [9.17, 15) is 29.6 Å². The highest BCUT2D eigenvalue weighted by atomic mass is 16.6. The molecule has 0 aromatic heterocycles. The van der Waals surface area contributed by atoms with Gasteiger partial charge >= 0.3 is 18.2 Å². The Hall–Kier alpha value is -4.58. The van der Waals surface area contributed by atoms with Crippen LogP contribution in [0, 0.1) is 10.1 Å². The first kappa shape index (κ1) is 27.0. The van der Waals surface area contributed by atoms with Crippen LogP contribution in [-0.4, -0.2) is 58.1 Å². The summed E-state index contributed by atoms with van der Waals surface area (Å²) in [4.78, 5) is 53.0. The summed E-state index contributed by atoms with van der Waals surface area (Å²) in [5.74, 6) is -0.411. The maximum atomic E-state index is 12.4. The molecular formula is C25H27N4O8+. The molecule has 0 saturated heterocycles. The van der Waals surface area contributed by atoms with Gasteiger partial charge in [0, 0.05) is 37.9 Å². The highest BCUT2D eigenvalue weighted by Crippen LogP contribution is 2.32. The predicted octanol–water partition coefficient (Wildman–Crippen LogP) is 4.94. The fourth-order valence-electron chi connectivity index (χ4n) is 3.52. The number of ether oxygens (including phenoxy) is 2. The highest BCUT2D eigenvalue weighted by Gasteiger charge is 2.46. The smallest absolute Gasteiger partial charge is 0.444 e. The van der Waals surface area contributed by atoms with E-state index < -0.39 is 33.2 Å². The van der Waals surface area contributed by atoms with E-state index in [-0.39, 0.29) is 35.8 Å². The summed E-state index contributed by atoms with van der Waals surface area (Å²) in [5, 5.41) is 21.1. The van der Waals surface area contributed by atoms with Gasteiger partial charge in [0.25, 0.3) is 5.69 Å². The normalized spacial score (nSPS) is 16.6. The van der Waals surface area contributed by atoms with Crippen molar-refractivity contribution < 1.29 is 33.9 Å². The number of aliphatic imine (C=N–C) groups is 1. The molecule has 37 heavy (non-hydrogen) atoms. The Morgan fingerprint density at radius 2 is 1.81 bits per heavy atom. The molecule has 2 amide bonds. The number of carbonyl (C=O) groups excluding carboxylic acids is 2. The number of benzene rings is 2. The Balaban J connectivity index is 1.75. The van der Waals surface area contributed by atoms with Crippen LogP contribution in [-0.2, 0) is 4.74 Å². The summed E-state index contributed by atoms with van der Waals surface area (Å²) in [6, 6.07) is 10.9. The van der Waals surface area contributed by atoms with E-state index in [2.05, 4.69) is 4.99 Å². The molecule has 0 fully saturated rings. The van der Waals surface area contributed by atoms with E-state index in [0.717, 1.165) is 6.07 Å². The number of nitro groups is 1. The molecule has 3 rings (SSSR count). The fourth-order valence-corrected chi connectivity index (χ4v) is 3.52. The van der Waals surface area contributed by atoms with Crippen LogP contribution in [0.15, 0.2) is 65.9 Å². The Morgan fingerprint density at radius 3 is 2.41 bits per heavy atom. The van der Waals surface area contributed by atoms with Gasteiger partial charge in [-0.3, -0.25) is 10.1 Å². The lowest BCUT2D eigenvalue weighted by Gasteiger charge is -2.28. The number of amides is 2. The molecule has 1 N–H and O–H groups in total. The van der Waals surface area contributed by atoms with Gasteiger partial charge in [0.1, 0.15) is 17.6 Å². The summed E-state index contributed by atoms with van der Waals surface area (Å²) in [7, 11) is 1.55. The maximum absolute atomic E-state index is 12.4. The molecule has 2 aromatic rings. The maximum Gasteiger partial charge on any atom is 0.529 e. The van der Waals surface area contributed by atoms with Crippen LogP contribution in [0.3, 0.4) is 0 Å². The van der Waals surface area contributed by atoms with Crippen LogP contribution in [0.4, 0.5) is 21.0 Å². The Morgan fingerprint density at radius 1 is 1.14 bits per heavy atom. The van der Waals surface area contributed by atoms with Crippen molar-refractivity contribution in [2.45, 2.75) is 32.8 Å². The van der Waals surface area contributed by atoms with Crippen LogP contribution in [0.2, 0.25) is 0 Å². The molecular weight excluding hydrogens is 484 g/mol. The molecule has 2 aromatic carbocycles. The average Bonchev–Trinajstić information content (AvgIpc) is 3.27. The molecule has 0 spiro atoms. The van der Waals surface area contributed by atoms with Crippen molar-refractivity contribution in [3.8, 4) is 5.75 Å². The summed E-state index contributed by atoms with van der Waals surface area (Å²) in [6.45, 7) is 5.42. The number of nitrogens with zero attached hydrogens (tertiary/aromatic N) is 4. The number of hydrogen-bond donors (Lipinski definition) is 1. The largest absolute Gasteiger partial charge is 0.529 e. The summed E-state index contributed by atoms with van der Waals surface area (Å²) in [6.07, 6.45) is 1.18. The lowest BCUT2D eigenvalue weighted by atomic mass is 10.2. The van der Waals surface area contributed by atoms with Gasteiger partial charge < -0.3 is 19.5 Å². The van der Waals surface area contributed by atoms with Crippen LogP contribution in [0.1, 0.15) is 37.6 Å². The quantitative estimate of drug-likeness (QED) is 0.181. The summed E-state index contributed by atoms with van der Waals surface area (Å²) in [5.41, 5.74) is -0.602. The minimum atomic E-state index is -1.21. The number of nitro benzene ring substituents is 1. The molecule has 1 aliphatic heterocycles. The monoisotopic (exact) mass is 511 g/mol. The molecule has 1 atom stereocenters. The number of quaternary nitrogens is 1. The van der Waals surface area contributed by atoms with Gasteiger partial charge in [0.2, 0.25) is 5.84 Å². The Kier molecular flexibility index (Phi) is 7.73. The lowest BCUT2D eigenvalue weighted by Crippen LogP contribution is -2.52. The van der Waals surface area contributed by atoms with Gasteiger partial charge in [-0.05, 0) is 39.0 Å². The van der Waals surface area contributed by atoms with Crippen LogP contribution < -0.4 is 9.22 Å². The number of carboxylic acid groups (broad SMARTS) is 1. The van der Waals surface area contributed by atoms with Gasteiger partial charge in [-0.1, -0.05) is 6.07 Å². The molecule has 0 aliphatic carbocycles. The average molecular weight is 512 g/mol. The van der Waals surface area contributed by atoms with Crippen LogP contribution >= 0.6 is 0 Å². The SMILES string of the molecule is CN(CCC1=NC=C[N+]1(C(=O)O)c1ccc(OC(=O)c2cccc([N+](=O)[O-])c2)cc1)C(=O)OC(C)(C)C. The van der Waals surface area contributed by atoms with Crippen molar-refractivity contribution in [3.63, 3.8) is 0 Å². The number of amidine groups is 1. The number of hydrogen-bond acceptors (Lipinski definition) is 8. The van der Waals surface area contributed by atoms with Crippen molar-refractivity contribution in [2.75, 3.05) is 13.6 Å². The third kappa shape index (κ3) is 6.16. The second-order valence-electron chi connectivity index (χ2n) is 9.19. The van der Waals surface area contributed by atoms with Crippen molar-refractivity contribution in [1.82, 2.24) is 9.38 Å². The number of carbonyl (C=O) groups is 3. The van der Waals surface area contributed by atoms with Gasteiger partial charge in [0.05, 0.1) is 23.1 Å². The summed E-state index contributed by atoms with van der Waals surface area (Å²) < 4.78 is 9.90. The molecule has 194 valence electrons. The molecule has 0 saturated carbocycles. The Bertz CT molecular complexity index is 1280. The zero-order chi connectivity index (χ0) is 27.4. The van der Waals surface area contributed by atoms with Crippen molar-refractivity contribution >= 4 is 35.4 Å². The van der Waals surface area contributed by atoms with Crippen molar-refractivity contribution in [3.05, 3.63) is 76.6 Å². The minimum absolute atomic E-state index is 0.00156. The van der Waals surface area contributed by atoms with Crippen LogP contribution in [0.5, 0.6) is 5.75 Å². The van der Waals surface area contributed by atoms with E-state index in [1.807, 2.05) is 0 Å². The Labute approximate surface area is 212 Å². The highest BCUT2D eigenvalue weighted by molar-refractivity contribution is 6.11. The topological polar surface area (TPSA) is 149 Å². The van der Waals surface area contributed by atoms with E-state index in [1.54, 1.807) is 27.8 Å². The molecule has 1 aliphatic rings. The van der Waals surface area contributed by atoms with Crippen molar-refractivity contribution in [1.29, 1.82) is 0 Å². The lowest BCUT2D eigenvalue weighted by molar-refractivity contribution is -0.384. The van der Waals surface area contributed by atoms with Gasteiger partial charge in [-0.2, -0.15) is 4.79 Å². The third-order valence-electron chi connectivity index (χ3n) is 5.35. The van der Waals surface area contributed by atoms with Crippen molar-refractivity contribution in [2.24, 2.45) is 4.99 Å². The molecule has 1 unspecified atom stereocenters. The number of non-ortho nitro benzene ring substituents is 1. The second-order valence-corrected chi connectivity index (χ2v) is 9.19. The van der Waals surface area contributed by atoms with E-state index in [1.165, 1.54) is 59.8 Å². The summed E-state index contributed by atoms with van der Waals surface area (Å²) >= 11 is 0. The van der Waals surface area contributed by atoms with Crippen LogP contribution in [0.25, 0.3) is 0 Å². The molecule has 1 heterocycles. The van der Waals surface area contributed by atoms with E-state index >= 15 is 0 Å². The first-order valence-electron chi connectivity index (χ1n) is 11.2. The molecule has 12 heteroatoms. The first-order valence-corrected chi connectivity index (χ1v) is 11.2. The second kappa shape index (κ2) is 10.6. The zero-order valence-electron chi connectivity index (χ0n) is 20.8. The van der Waals surface area contributed by atoms with E-state index in [0.29, 0.717) is 5.69 Å². The minimum Gasteiger partial charge on any atom is -0.444 e. The van der Waals surface area contributed by atoms with Gasteiger partial charge in [-0.15, -0.1) is 4.48 Å². The molecule has 12 nitrogen and oxygen atoms in total. The molecule has 0 bridgehead atoms. The zero-order valence-corrected chi connectivity index (χ0v) is 20.8. The predicted molar refractivity (Wildman–Crippen MR) is 134 cm³/mol. The van der Waals surface area contributed by atoms with Gasteiger partial charge in [-0.25, -0.2) is 14.6 Å².